The Morgan fingerprint density at radius 2 is 2.05 bits per heavy atom. The average molecular weight is 421 g/mol. The van der Waals surface area contributed by atoms with Crippen LogP contribution in [0.1, 0.15) is 20.8 Å². The molecule has 1 aromatic carbocycles. The Morgan fingerprint density at radius 3 is 2.70 bits per heavy atom. The van der Waals surface area contributed by atoms with Gasteiger partial charge in [-0.1, -0.05) is 6.07 Å². The summed E-state index contributed by atoms with van der Waals surface area (Å²) in [7, 11) is 0. The third kappa shape index (κ3) is 3.68. The first-order chi connectivity index (χ1) is 9.49. The normalized spacial score (nSPS) is 10.6. The molecule has 0 atom stereocenters. The number of hydrogen-bond acceptors (Lipinski definition) is 2. The maximum Gasteiger partial charge on any atom is 0.255 e. The lowest BCUT2D eigenvalue weighted by atomic mass is 10.1. The predicted molar refractivity (Wildman–Crippen MR) is 86.9 cm³/mol. The molecule has 0 aliphatic carbocycles. The van der Waals surface area contributed by atoms with Crippen LogP contribution in [-0.2, 0) is 6.42 Å². The molecule has 2 nitrogen and oxygen atoms in total. The molecule has 2 aromatic rings. The van der Waals surface area contributed by atoms with Gasteiger partial charge in [0.1, 0.15) is 5.82 Å². The van der Waals surface area contributed by atoms with E-state index in [9.17, 15) is 9.18 Å². The van der Waals surface area contributed by atoms with Crippen molar-refractivity contribution in [3.8, 4) is 0 Å². The molecule has 20 heavy (non-hydrogen) atoms. The van der Waals surface area contributed by atoms with Crippen LogP contribution >= 0.6 is 43.2 Å². The summed E-state index contributed by atoms with van der Waals surface area (Å²) in [6.45, 7) is 2.30. The van der Waals surface area contributed by atoms with E-state index in [1.165, 1.54) is 10.9 Å². The first-order valence-corrected chi connectivity index (χ1v) is 8.36. The van der Waals surface area contributed by atoms with Gasteiger partial charge in [-0.15, -0.1) is 11.3 Å². The van der Waals surface area contributed by atoms with Crippen molar-refractivity contribution in [1.29, 1.82) is 0 Å². The van der Waals surface area contributed by atoms with Crippen molar-refractivity contribution < 1.29 is 9.18 Å². The highest BCUT2D eigenvalue weighted by Crippen LogP contribution is 2.24. The number of thiophene rings is 1. The fraction of sp³-hybridized carbons (Fsp3) is 0.214. The van der Waals surface area contributed by atoms with E-state index < -0.39 is 11.7 Å². The van der Waals surface area contributed by atoms with Gasteiger partial charge in [0.15, 0.2) is 0 Å². The molecular formula is C14H12Br2FNOS. The number of benzene rings is 1. The second-order valence-electron chi connectivity index (χ2n) is 4.26. The zero-order chi connectivity index (χ0) is 14.7. The first-order valence-electron chi connectivity index (χ1n) is 5.96. The summed E-state index contributed by atoms with van der Waals surface area (Å²) in [6.07, 6.45) is 0.729. The second kappa shape index (κ2) is 6.83. The number of carbonyl (C=O) groups is 1. The maximum atomic E-state index is 13.7. The number of amides is 1. The zero-order valence-electron chi connectivity index (χ0n) is 10.7. The van der Waals surface area contributed by atoms with Crippen LogP contribution in [0.3, 0.4) is 0 Å². The maximum absolute atomic E-state index is 13.7. The van der Waals surface area contributed by atoms with E-state index in [0.717, 1.165) is 15.8 Å². The van der Waals surface area contributed by atoms with Crippen molar-refractivity contribution in [2.45, 2.75) is 13.3 Å². The van der Waals surface area contributed by atoms with Gasteiger partial charge < -0.3 is 5.32 Å². The van der Waals surface area contributed by atoms with Gasteiger partial charge in [0.2, 0.25) is 0 Å². The molecule has 0 saturated heterocycles. The number of carbonyl (C=O) groups excluding carboxylic acids is 1. The summed E-state index contributed by atoms with van der Waals surface area (Å²) in [4.78, 5) is 13.2. The Morgan fingerprint density at radius 1 is 1.30 bits per heavy atom. The summed E-state index contributed by atoms with van der Waals surface area (Å²) >= 11 is 8.28. The largest absolute Gasteiger partial charge is 0.352 e. The molecule has 106 valence electrons. The highest BCUT2D eigenvalue weighted by atomic mass is 79.9. The highest BCUT2D eigenvalue weighted by Gasteiger charge is 2.16. The van der Waals surface area contributed by atoms with Crippen LogP contribution in [0.15, 0.2) is 32.5 Å². The number of aryl methyl sites for hydroxylation is 1. The van der Waals surface area contributed by atoms with Gasteiger partial charge >= 0.3 is 0 Å². The molecule has 1 heterocycles. The van der Waals surface area contributed by atoms with Gasteiger partial charge in [0, 0.05) is 15.9 Å². The van der Waals surface area contributed by atoms with Crippen LogP contribution in [0.5, 0.6) is 0 Å². The SMILES string of the molecule is Cc1ccc(F)c(C(=O)NCCc2ccc(Br)s2)c1Br. The predicted octanol–water partition coefficient (Wildman–Crippen LogP) is 4.69. The third-order valence-electron chi connectivity index (χ3n) is 2.80. The van der Waals surface area contributed by atoms with Gasteiger partial charge in [0.05, 0.1) is 9.35 Å². The third-order valence-corrected chi connectivity index (χ3v) is 5.50. The lowest BCUT2D eigenvalue weighted by Crippen LogP contribution is -2.27. The van der Waals surface area contributed by atoms with E-state index in [2.05, 4.69) is 37.2 Å². The highest BCUT2D eigenvalue weighted by molar-refractivity contribution is 9.11. The molecule has 2 rings (SSSR count). The van der Waals surface area contributed by atoms with Crippen LogP contribution in [0, 0.1) is 12.7 Å². The van der Waals surface area contributed by atoms with Crippen molar-refractivity contribution in [3.63, 3.8) is 0 Å². The van der Waals surface area contributed by atoms with Crippen LogP contribution in [0.4, 0.5) is 4.39 Å². The minimum absolute atomic E-state index is 0.0670. The van der Waals surface area contributed by atoms with Crippen LogP contribution in [0.2, 0.25) is 0 Å². The van der Waals surface area contributed by atoms with E-state index in [4.69, 9.17) is 0 Å². The van der Waals surface area contributed by atoms with E-state index >= 15 is 0 Å². The van der Waals surface area contributed by atoms with Crippen molar-refractivity contribution in [3.05, 3.63) is 54.3 Å². The lowest BCUT2D eigenvalue weighted by molar-refractivity contribution is 0.0949. The summed E-state index contributed by atoms with van der Waals surface area (Å²) in [6, 6.07) is 6.92. The van der Waals surface area contributed by atoms with Gasteiger partial charge in [-0.3, -0.25) is 4.79 Å². The molecule has 6 heteroatoms. The minimum atomic E-state index is -0.515. The fourth-order valence-electron chi connectivity index (χ4n) is 1.74. The zero-order valence-corrected chi connectivity index (χ0v) is 14.7. The smallest absolute Gasteiger partial charge is 0.255 e. The molecule has 0 radical (unpaired) electrons. The molecule has 0 aliphatic rings. The van der Waals surface area contributed by atoms with Crippen molar-refractivity contribution >= 4 is 49.1 Å². The second-order valence-corrected chi connectivity index (χ2v) is 7.61. The van der Waals surface area contributed by atoms with Crippen molar-refractivity contribution in [2.75, 3.05) is 6.54 Å². The molecule has 0 spiro atoms. The van der Waals surface area contributed by atoms with Gasteiger partial charge in [-0.25, -0.2) is 4.39 Å². The van der Waals surface area contributed by atoms with Crippen LogP contribution in [0.25, 0.3) is 0 Å². The minimum Gasteiger partial charge on any atom is -0.352 e. The Hall–Kier alpha value is -0.720. The summed E-state index contributed by atoms with van der Waals surface area (Å²) < 4.78 is 15.3. The Bertz CT molecular complexity index is 642. The molecule has 0 bridgehead atoms. The molecular weight excluding hydrogens is 409 g/mol. The molecule has 0 unspecified atom stereocenters. The molecule has 0 aliphatic heterocycles. The topological polar surface area (TPSA) is 29.1 Å². The number of rotatable bonds is 4. The lowest BCUT2D eigenvalue weighted by Gasteiger charge is -2.09. The molecule has 1 N–H and O–H groups in total. The van der Waals surface area contributed by atoms with Crippen LogP contribution < -0.4 is 5.32 Å². The Balaban J connectivity index is 2.00. The fourth-order valence-corrected chi connectivity index (χ4v) is 3.72. The molecule has 0 saturated carbocycles. The van der Waals surface area contributed by atoms with Crippen LogP contribution in [-0.4, -0.2) is 12.5 Å². The number of halogens is 3. The standard InChI is InChI=1S/C14H12Br2FNOS/c1-8-2-4-10(17)12(13(8)16)14(19)18-7-6-9-3-5-11(15)20-9/h2-5H,6-7H2,1H3,(H,18,19). The Kier molecular flexibility index (Phi) is 5.35. The monoisotopic (exact) mass is 419 g/mol. The van der Waals surface area contributed by atoms with Crippen molar-refractivity contribution in [1.82, 2.24) is 5.32 Å². The summed E-state index contributed by atoms with van der Waals surface area (Å²) in [5.74, 6) is -0.910. The number of nitrogens with one attached hydrogen (secondary N) is 1. The Labute approximate surface area is 137 Å². The van der Waals surface area contributed by atoms with E-state index in [0.29, 0.717) is 11.0 Å². The summed E-state index contributed by atoms with van der Waals surface area (Å²) in [5, 5.41) is 2.75. The van der Waals surface area contributed by atoms with E-state index in [-0.39, 0.29) is 5.56 Å². The average Bonchev–Trinajstić information content (AvgIpc) is 2.80. The summed E-state index contributed by atoms with van der Waals surface area (Å²) in [5.41, 5.74) is 0.899. The van der Waals surface area contributed by atoms with E-state index in [1.54, 1.807) is 17.4 Å². The molecule has 1 amide bonds. The van der Waals surface area contributed by atoms with E-state index in [1.807, 2.05) is 19.1 Å². The quantitative estimate of drug-likeness (QED) is 0.763. The van der Waals surface area contributed by atoms with Gasteiger partial charge in [-0.05, 0) is 69.0 Å². The van der Waals surface area contributed by atoms with Gasteiger partial charge in [-0.2, -0.15) is 0 Å². The number of hydrogen-bond donors (Lipinski definition) is 1. The van der Waals surface area contributed by atoms with Gasteiger partial charge in [0.25, 0.3) is 5.91 Å². The first kappa shape index (κ1) is 15.7. The van der Waals surface area contributed by atoms with Crippen molar-refractivity contribution in [2.24, 2.45) is 0 Å². The molecule has 1 aromatic heterocycles. The molecule has 0 fully saturated rings.